The van der Waals surface area contributed by atoms with E-state index in [2.05, 4.69) is 10.6 Å². The van der Waals surface area contributed by atoms with Crippen LogP contribution < -0.4 is 16.2 Å². The maximum absolute atomic E-state index is 12.9. The molecule has 1 aliphatic carbocycles. The summed E-state index contributed by atoms with van der Waals surface area (Å²) < 4.78 is 3.25. The van der Waals surface area contributed by atoms with Gasteiger partial charge in [0.05, 0.1) is 22.4 Å². The van der Waals surface area contributed by atoms with Gasteiger partial charge in [0.2, 0.25) is 11.8 Å². The summed E-state index contributed by atoms with van der Waals surface area (Å²) in [6.45, 7) is 3.55. The van der Waals surface area contributed by atoms with Gasteiger partial charge >= 0.3 is 0 Å². The van der Waals surface area contributed by atoms with Crippen molar-refractivity contribution in [2.45, 2.75) is 57.2 Å². The van der Waals surface area contributed by atoms with Gasteiger partial charge in [0.15, 0.2) is 0 Å². The van der Waals surface area contributed by atoms with Crippen LogP contribution in [0.15, 0.2) is 35.1 Å². The molecule has 0 aliphatic heterocycles. The summed E-state index contributed by atoms with van der Waals surface area (Å²) in [7, 11) is 1.78. The second-order valence-electron chi connectivity index (χ2n) is 7.78. The van der Waals surface area contributed by atoms with Gasteiger partial charge in [-0.05, 0) is 38.8 Å². The van der Waals surface area contributed by atoms with Crippen LogP contribution in [0.5, 0.6) is 0 Å². The Balaban J connectivity index is 1.60. The lowest BCUT2D eigenvalue weighted by Crippen LogP contribution is -2.38. The lowest BCUT2D eigenvalue weighted by Gasteiger charge is -2.22. The molecule has 2 amide bonds. The van der Waals surface area contributed by atoms with Crippen LogP contribution in [0.4, 0.5) is 5.69 Å². The molecular weight excluding hydrogens is 400 g/mol. The van der Waals surface area contributed by atoms with Crippen molar-refractivity contribution in [3.63, 3.8) is 0 Å². The molecule has 1 aliphatic rings. The first-order chi connectivity index (χ1) is 14.4. The minimum atomic E-state index is -0.453. The number of rotatable bonds is 7. The van der Waals surface area contributed by atoms with E-state index < -0.39 is 5.25 Å². The largest absolute Gasteiger partial charge is 0.353 e. The first-order valence-electron chi connectivity index (χ1n) is 10.4. The van der Waals surface area contributed by atoms with Crippen LogP contribution in [-0.2, 0) is 16.6 Å². The van der Waals surface area contributed by atoms with Gasteiger partial charge in [-0.15, -0.1) is 11.8 Å². The Labute approximate surface area is 181 Å². The van der Waals surface area contributed by atoms with Crippen molar-refractivity contribution in [1.82, 2.24) is 14.7 Å². The maximum Gasteiger partial charge on any atom is 0.295 e. The Bertz CT molecular complexity index is 945. The zero-order valence-electron chi connectivity index (χ0n) is 17.8. The predicted molar refractivity (Wildman–Crippen MR) is 121 cm³/mol. The second-order valence-corrected chi connectivity index (χ2v) is 9.11. The summed E-state index contributed by atoms with van der Waals surface area (Å²) in [6, 6.07) is 9.56. The number of nitrogens with one attached hydrogen (secondary N) is 2. The SMILES string of the molecule is Cc1c(NC(=O)C(C)SCC(=O)NC2CCCCC2)c(=O)n(-c2ccccc2)n1C. The minimum Gasteiger partial charge on any atom is -0.353 e. The molecule has 1 aromatic heterocycles. The summed E-state index contributed by atoms with van der Waals surface area (Å²) in [5.41, 5.74) is 1.40. The molecule has 30 heavy (non-hydrogen) atoms. The summed E-state index contributed by atoms with van der Waals surface area (Å²) in [5, 5.41) is 5.38. The molecule has 8 heteroatoms. The first kappa shape index (κ1) is 22.2. The van der Waals surface area contributed by atoms with E-state index in [0.717, 1.165) is 31.4 Å². The average molecular weight is 431 g/mol. The number of benzene rings is 1. The fourth-order valence-electron chi connectivity index (χ4n) is 3.73. The predicted octanol–water partition coefficient (Wildman–Crippen LogP) is 2.99. The number of para-hydroxylation sites is 1. The van der Waals surface area contributed by atoms with E-state index in [9.17, 15) is 14.4 Å². The quantitative estimate of drug-likeness (QED) is 0.707. The lowest BCUT2D eigenvalue weighted by atomic mass is 9.95. The zero-order valence-corrected chi connectivity index (χ0v) is 18.6. The van der Waals surface area contributed by atoms with Crippen molar-refractivity contribution in [3.05, 3.63) is 46.4 Å². The number of anilines is 1. The monoisotopic (exact) mass is 430 g/mol. The Kier molecular flexibility index (Phi) is 7.42. The molecule has 1 heterocycles. The van der Waals surface area contributed by atoms with E-state index >= 15 is 0 Å². The Morgan fingerprint density at radius 2 is 1.83 bits per heavy atom. The minimum absolute atomic E-state index is 0.0334. The van der Waals surface area contributed by atoms with Crippen molar-refractivity contribution < 1.29 is 9.59 Å². The molecule has 162 valence electrons. The molecule has 1 aromatic carbocycles. The summed E-state index contributed by atoms with van der Waals surface area (Å²) in [4.78, 5) is 37.8. The average Bonchev–Trinajstić information content (AvgIpc) is 2.96. The molecule has 7 nitrogen and oxygen atoms in total. The van der Waals surface area contributed by atoms with Crippen LogP contribution in [0, 0.1) is 6.92 Å². The lowest BCUT2D eigenvalue weighted by molar-refractivity contribution is -0.119. The van der Waals surface area contributed by atoms with Crippen LogP contribution in [0.1, 0.15) is 44.7 Å². The van der Waals surface area contributed by atoms with E-state index in [4.69, 9.17) is 0 Å². The van der Waals surface area contributed by atoms with Gasteiger partial charge in [-0.25, -0.2) is 4.68 Å². The van der Waals surface area contributed by atoms with Crippen LogP contribution in [0.3, 0.4) is 0 Å². The molecule has 2 aromatic rings. The molecular formula is C22H30N4O3S. The fourth-order valence-corrected chi connectivity index (χ4v) is 4.42. The van der Waals surface area contributed by atoms with E-state index in [1.807, 2.05) is 30.3 Å². The van der Waals surface area contributed by atoms with Crippen LogP contribution in [0.2, 0.25) is 0 Å². The topological polar surface area (TPSA) is 85.1 Å². The van der Waals surface area contributed by atoms with Crippen molar-refractivity contribution in [2.75, 3.05) is 11.1 Å². The van der Waals surface area contributed by atoms with Crippen molar-refractivity contribution in [1.29, 1.82) is 0 Å². The molecule has 0 bridgehead atoms. The van der Waals surface area contributed by atoms with Crippen molar-refractivity contribution in [2.24, 2.45) is 7.05 Å². The Hall–Kier alpha value is -2.48. The molecule has 0 saturated heterocycles. The van der Waals surface area contributed by atoms with E-state index in [0.29, 0.717) is 5.69 Å². The number of carbonyl (C=O) groups is 2. The normalized spacial score (nSPS) is 15.6. The highest BCUT2D eigenvalue weighted by Crippen LogP contribution is 2.19. The smallest absolute Gasteiger partial charge is 0.295 e. The number of amides is 2. The number of carbonyl (C=O) groups excluding carboxylic acids is 2. The molecule has 1 saturated carbocycles. The molecule has 3 rings (SSSR count). The number of hydrogen-bond acceptors (Lipinski definition) is 4. The molecule has 0 spiro atoms. The third-order valence-corrected chi connectivity index (χ3v) is 6.75. The highest BCUT2D eigenvalue weighted by molar-refractivity contribution is 8.01. The molecule has 0 radical (unpaired) electrons. The number of hydrogen-bond donors (Lipinski definition) is 2. The van der Waals surface area contributed by atoms with Crippen LogP contribution >= 0.6 is 11.8 Å². The van der Waals surface area contributed by atoms with E-state index in [1.165, 1.54) is 22.9 Å². The molecule has 1 unspecified atom stereocenters. The summed E-state index contributed by atoms with van der Waals surface area (Å²) in [6.07, 6.45) is 5.63. The first-order valence-corrected chi connectivity index (χ1v) is 11.5. The highest BCUT2D eigenvalue weighted by Gasteiger charge is 2.22. The van der Waals surface area contributed by atoms with E-state index in [1.54, 1.807) is 25.6 Å². The van der Waals surface area contributed by atoms with Gasteiger partial charge in [0, 0.05) is 13.1 Å². The third kappa shape index (κ3) is 5.16. The van der Waals surface area contributed by atoms with Crippen LogP contribution in [0.25, 0.3) is 5.69 Å². The maximum atomic E-state index is 12.9. The molecule has 1 atom stereocenters. The second kappa shape index (κ2) is 10.0. The Morgan fingerprint density at radius 1 is 1.17 bits per heavy atom. The van der Waals surface area contributed by atoms with Gasteiger partial charge in [-0.1, -0.05) is 37.5 Å². The molecule has 2 N–H and O–H groups in total. The van der Waals surface area contributed by atoms with Gasteiger partial charge in [-0.3, -0.25) is 19.1 Å². The van der Waals surface area contributed by atoms with Crippen molar-refractivity contribution in [3.8, 4) is 5.69 Å². The van der Waals surface area contributed by atoms with Gasteiger partial charge in [0.25, 0.3) is 5.56 Å². The van der Waals surface area contributed by atoms with E-state index in [-0.39, 0.29) is 34.9 Å². The summed E-state index contributed by atoms with van der Waals surface area (Å²) in [5.74, 6) is -0.0852. The number of nitrogens with zero attached hydrogens (tertiary/aromatic N) is 2. The zero-order chi connectivity index (χ0) is 21.7. The van der Waals surface area contributed by atoms with Crippen molar-refractivity contribution >= 4 is 29.3 Å². The number of aromatic nitrogens is 2. The van der Waals surface area contributed by atoms with Gasteiger partial charge in [0.1, 0.15) is 5.69 Å². The fraction of sp³-hybridized carbons (Fsp3) is 0.500. The Morgan fingerprint density at radius 3 is 2.50 bits per heavy atom. The highest BCUT2D eigenvalue weighted by atomic mass is 32.2. The van der Waals surface area contributed by atoms with Crippen LogP contribution in [-0.4, -0.2) is 38.2 Å². The standard InChI is InChI=1S/C22H30N4O3S/c1-15-20(22(29)26(25(15)3)18-12-8-5-9-13-18)24-21(28)16(2)30-14-19(27)23-17-10-6-4-7-11-17/h5,8-9,12-13,16-17H,4,6-7,10-11,14H2,1-3H3,(H,23,27)(H,24,28). The third-order valence-electron chi connectivity index (χ3n) is 5.61. The molecule has 1 fully saturated rings. The summed E-state index contributed by atoms with van der Waals surface area (Å²) >= 11 is 1.28. The van der Waals surface area contributed by atoms with Gasteiger partial charge in [-0.2, -0.15) is 0 Å². The number of thioether (sulfide) groups is 1. The van der Waals surface area contributed by atoms with Gasteiger partial charge < -0.3 is 10.6 Å².